The zero-order chi connectivity index (χ0) is 29.4. The highest BCUT2D eigenvalue weighted by atomic mass is 19.4. The molecule has 11 heteroatoms. The minimum Gasteiger partial charge on any atom is -0.377 e. The molecule has 2 aromatic heterocycles. The van der Waals surface area contributed by atoms with Gasteiger partial charge < -0.3 is 14.2 Å². The Labute approximate surface area is 239 Å². The third kappa shape index (κ3) is 5.16. The van der Waals surface area contributed by atoms with Crippen molar-refractivity contribution in [3.8, 4) is 11.3 Å². The van der Waals surface area contributed by atoms with Crippen LogP contribution in [0.15, 0.2) is 77.6 Å². The lowest BCUT2D eigenvalue weighted by Gasteiger charge is -2.33. The van der Waals surface area contributed by atoms with E-state index in [1.807, 2.05) is 47.0 Å². The summed E-state index contributed by atoms with van der Waals surface area (Å²) in [7, 11) is 1.51. The molecule has 216 valence electrons. The average molecular weight is 576 g/mol. The molecule has 1 amide bonds. The number of halogens is 3. The molecule has 5 aromatic rings. The van der Waals surface area contributed by atoms with Gasteiger partial charge in [-0.15, -0.1) is 0 Å². The number of hydrogen-bond acceptors (Lipinski definition) is 5. The Bertz CT molecular complexity index is 1820. The minimum atomic E-state index is -4.46. The second kappa shape index (κ2) is 11.1. The monoisotopic (exact) mass is 575 g/mol. The predicted molar refractivity (Wildman–Crippen MR) is 152 cm³/mol. The fourth-order valence-electron chi connectivity index (χ4n) is 5.72. The molecule has 0 N–H and O–H groups in total. The van der Waals surface area contributed by atoms with Crippen LogP contribution in [-0.2, 0) is 28.9 Å². The van der Waals surface area contributed by atoms with Crippen molar-refractivity contribution in [1.82, 2.24) is 24.2 Å². The first-order valence-electron chi connectivity index (χ1n) is 13.6. The van der Waals surface area contributed by atoms with Gasteiger partial charge in [0.05, 0.1) is 27.7 Å². The van der Waals surface area contributed by atoms with Gasteiger partial charge in [0.15, 0.2) is 0 Å². The number of nitrogens with zero attached hydrogens (tertiary/aromatic N) is 5. The number of hydrogen-bond donors (Lipinski definition) is 0. The molecule has 1 fully saturated rings. The van der Waals surface area contributed by atoms with Gasteiger partial charge in [0.2, 0.25) is 5.91 Å². The van der Waals surface area contributed by atoms with Gasteiger partial charge in [-0.1, -0.05) is 48.5 Å². The van der Waals surface area contributed by atoms with Crippen molar-refractivity contribution in [2.24, 2.45) is 0 Å². The summed E-state index contributed by atoms with van der Waals surface area (Å²) in [5.41, 5.74) is 1.24. The second-order valence-corrected chi connectivity index (χ2v) is 10.4. The highest BCUT2D eigenvalue weighted by Crippen LogP contribution is 2.34. The first kappa shape index (κ1) is 27.6. The van der Waals surface area contributed by atoms with Crippen LogP contribution in [0, 0.1) is 0 Å². The van der Waals surface area contributed by atoms with Crippen LogP contribution in [0.1, 0.15) is 30.3 Å². The van der Waals surface area contributed by atoms with Crippen molar-refractivity contribution in [2.45, 2.75) is 38.2 Å². The van der Waals surface area contributed by atoms with Crippen LogP contribution in [-0.4, -0.2) is 50.3 Å². The van der Waals surface area contributed by atoms with Crippen molar-refractivity contribution >= 4 is 27.7 Å². The van der Waals surface area contributed by atoms with Crippen molar-refractivity contribution in [2.75, 3.05) is 20.2 Å². The number of ether oxygens (including phenoxy) is 1. The molecule has 0 spiro atoms. The molecule has 0 saturated carbocycles. The summed E-state index contributed by atoms with van der Waals surface area (Å²) in [4.78, 5) is 32.8. The van der Waals surface area contributed by atoms with Crippen LogP contribution in [0.2, 0.25) is 0 Å². The number of imidazole rings is 1. The summed E-state index contributed by atoms with van der Waals surface area (Å²) in [6.07, 6.45) is -3.32. The van der Waals surface area contributed by atoms with E-state index in [0.717, 1.165) is 23.1 Å². The fourth-order valence-corrected chi connectivity index (χ4v) is 5.72. The third-order valence-corrected chi connectivity index (χ3v) is 7.75. The number of likely N-dealkylation sites (tertiary alicyclic amines) is 1. The summed E-state index contributed by atoms with van der Waals surface area (Å²) in [6, 6.07) is 20.2. The SMILES string of the molecule is COCc1nc2cc(C(F)(F)F)ccc2n1C1CCN(C(=O)Cn2nc(-c3ccccc3)c3ccccc3c2=O)CC1. The van der Waals surface area contributed by atoms with Gasteiger partial charge in [-0.2, -0.15) is 18.3 Å². The van der Waals surface area contributed by atoms with E-state index in [9.17, 15) is 22.8 Å². The molecule has 0 radical (unpaired) electrons. The van der Waals surface area contributed by atoms with Crippen LogP contribution in [0.5, 0.6) is 0 Å². The zero-order valence-corrected chi connectivity index (χ0v) is 22.8. The van der Waals surface area contributed by atoms with Crippen molar-refractivity contribution in [3.63, 3.8) is 0 Å². The van der Waals surface area contributed by atoms with Gasteiger partial charge >= 0.3 is 6.18 Å². The number of carbonyl (C=O) groups excluding carboxylic acids is 1. The average Bonchev–Trinajstić information content (AvgIpc) is 3.36. The summed E-state index contributed by atoms with van der Waals surface area (Å²) in [6.45, 7) is 0.793. The molecule has 3 heterocycles. The lowest BCUT2D eigenvalue weighted by molar-refractivity contribution is -0.137. The van der Waals surface area contributed by atoms with E-state index in [0.29, 0.717) is 48.4 Å². The van der Waals surface area contributed by atoms with Gasteiger partial charge in [-0.05, 0) is 37.1 Å². The lowest BCUT2D eigenvalue weighted by Crippen LogP contribution is -2.42. The van der Waals surface area contributed by atoms with Gasteiger partial charge in [0.1, 0.15) is 19.0 Å². The molecule has 6 rings (SSSR count). The first-order valence-corrected chi connectivity index (χ1v) is 13.6. The standard InChI is InChI=1S/C31H28F3N5O3/c1-42-19-27-35-25-17-21(31(32,33)34)11-12-26(25)39(27)22-13-15-37(16-14-22)28(40)18-38-30(41)24-10-6-5-9-23(24)29(36-38)20-7-3-2-4-8-20/h2-12,17,22H,13-16,18-19H2,1H3. The molecule has 1 aliphatic heterocycles. The maximum atomic E-state index is 13.4. The number of carbonyl (C=O) groups is 1. The smallest absolute Gasteiger partial charge is 0.377 e. The van der Waals surface area contributed by atoms with E-state index >= 15 is 0 Å². The third-order valence-electron chi connectivity index (χ3n) is 7.75. The van der Waals surface area contributed by atoms with Gasteiger partial charge in [-0.3, -0.25) is 9.59 Å². The maximum absolute atomic E-state index is 13.4. The second-order valence-electron chi connectivity index (χ2n) is 10.4. The van der Waals surface area contributed by atoms with Crippen LogP contribution in [0.25, 0.3) is 33.1 Å². The van der Waals surface area contributed by atoms with Gasteiger partial charge in [-0.25, -0.2) is 9.67 Å². The van der Waals surface area contributed by atoms with E-state index in [1.54, 1.807) is 17.0 Å². The number of amides is 1. The van der Waals surface area contributed by atoms with E-state index in [1.165, 1.54) is 17.9 Å². The normalized spacial score (nSPS) is 14.6. The number of methoxy groups -OCH3 is 1. The quantitative estimate of drug-likeness (QED) is 0.269. The number of aromatic nitrogens is 4. The molecule has 0 unspecified atom stereocenters. The summed E-state index contributed by atoms with van der Waals surface area (Å²) < 4.78 is 48.3. The molecule has 1 saturated heterocycles. The molecular weight excluding hydrogens is 547 g/mol. The number of benzene rings is 3. The minimum absolute atomic E-state index is 0.0767. The topological polar surface area (TPSA) is 82.2 Å². The largest absolute Gasteiger partial charge is 0.416 e. The van der Waals surface area contributed by atoms with Crippen LogP contribution >= 0.6 is 0 Å². The van der Waals surface area contributed by atoms with Gasteiger partial charge in [0, 0.05) is 37.2 Å². The molecular formula is C31H28F3N5O3. The van der Waals surface area contributed by atoms with Gasteiger partial charge in [0.25, 0.3) is 5.56 Å². The van der Waals surface area contributed by atoms with Crippen molar-refractivity contribution in [1.29, 1.82) is 0 Å². The van der Waals surface area contributed by atoms with E-state index in [2.05, 4.69) is 10.1 Å². The molecule has 0 aliphatic carbocycles. The Morgan fingerprint density at radius 1 is 0.976 bits per heavy atom. The zero-order valence-electron chi connectivity index (χ0n) is 22.8. The number of fused-ring (bicyclic) bond motifs is 2. The fraction of sp³-hybridized carbons (Fsp3) is 0.290. The van der Waals surface area contributed by atoms with Crippen LogP contribution < -0.4 is 5.56 Å². The first-order chi connectivity index (χ1) is 20.2. The van der Waals surface area contributed by atoms with E-state index < -0.39 is 11.7 Å². The Balaban J connectivity index is 1.23. The van der Waals surface area contributed by atoms with Crippen LogP contribution in [0.3, 0.4) is 0 Å². The molecule has 42 heavy (non-hydrogen) atoms. The Kier molecular flexibility index (Phi) is 7.28. The number of piperidine rings is 1. The lowest BCUT2D eigenvalue weighted by atomic mass is 10.0. The highest BCUT2D eigenvalue weighted by Gasteiger charge is 2.32. The van der Waals surface area contributed by atoms with Crippen molar-refractivity contribution < 1.29 is 22.7 Å². The summed E-state index contributed by atoms with van der Waals surface area (Å²) >= 11 is 0. The van der Waals surface area contributed by atoms with Crippen LogP contribution in [0.4, 0.5) is 13.2 Å². The molecule has 3 aromatic carbocycles. The summed E-state index contributed by atoms with van der Waals surface area (Å²) in [5, 5.41) is 5.81. The molecule has 8 nitrogen and oxygen atoms in total. The van der Waals surface area contributed by atoms with E-state index in [-0.39, 0.29) is 36.2 Å². The molecule has 0 atom stereocenters. The molecule has 0 bridgehead atoms. The van der Waals surface area contributed by atoms with E-state index in [4.69, 9.17) is 4.74 Å². The highest BCUT2D eigenvalue weighted by molar-refractivity contribution is 5.93. The van der Waals surface area contributed by atoms with Crippen molar-refractivity contribution in [3.05, 3.63) is 94.5 Å². The maximum Gasteiger partial charge on any atom is 0.416 e. The number of rotatable bonds is 6. The Morgan fingerprint density at radius 2 is 1.67 bits per heavy atom. The predicted octanol–water partition coefficient (Wildman–Crippen LogP) is 5.44. The Morgan fingerprint density at radius 3 is 2.36 bits per heavy atom. The summed E-state index contributed by atoms with van der Waals surface area (Å²) in [5.74, 6) is 0.316. The Hall–Kier alpha value is -4.51. The molecule has 1 aliphatic rings. The number of alkyl halides is 3.